The molecule has 0 spiro atoms. The van der Waals surface area contributed by atoms with Crippen LogP contribution < -0.4 is 4.74 Å². The van der Waals surface area contributed by atoms with Crippen molar-refractivity contribution in [3.63, 3.8) is 0 Å². The number of aliphatic hydroxyl groups excluding tert-OH is 1. The molecule has 5 nitrogen and oxygen atoms in total. The van der Waals surface area contributed by atoms with E-state index in [1.807, 2.05) is 25.1 Å². The zero-order valence-corrected chi connectivity index (χ0v) is 8.92. The van der Waals surface area contributed by atoms with Crippen LogP contribution in [0.2, 0.25) is 0 Å². The second-order valence-electron chi connectivity index (χ2n) is 3.28. The Balaban J connectivity index is 2.23. The number of benzene rings is 1. The summed E-state index contributed by atoms with van der Waals surface area (Å²) in [5, 5.41) is 16.3. The highest BCUT2D eigenvalue weighted by molar-refractivity contribution is 5.31. The van der Waals surface area contributed by atoms with E-state index in [-0.39, 0.29) is 0 Å². The van der Waals surface area contributed by atoms with Crippen LogP contribution in [0.4, 0.5) is 0 Å². The molecule has 0 saturated carbocycles. The number of H-pyrrole nitrogens is 1. The smallest absolute Gasteiger partial charge is 0.157 e. The van der Waals surface area contributed by atoms with E-state index in [1.165, 1.54) is 6.33 Å². The summed E-state index contributed by atoms with van der Waals surface area (Å²) in [6, 6.07) is 7.28. The number of aromatic nitrogens is 3. The van der Waals surface area contributed by atoms with Crippen LogP contribution in [-0.4, -0.2) is 26.9 Å². The predicted molar refractivity (Wildman–Crippen MR) is 58.1 cm³/mol. The van der Waals surface area contributed by atoms with Gasteiger partial charge in [-0.3, -0.25) is 5.10 Å². The maximum atomic E-state index is 9.98. The monoisotopic (exact) mass is 219 g/mol. The highest BCUT2D eigenvalue weighted by Gasteiger charge is 2.13. The lowest BCUT2D eigenvalue weighted by Crippen LogP contribution is -2.02. The van der Waals surface area contributed by atoms with Gasteiger partial charge in [0.2, 0.25) is 0 Å². The van der Waals surface area contributed by atoms with Gasteiger partial charge in [0.1, 0.15) is 18.2 Å². The summed E-state index contributed by atoms with van der Waals surface area (Å²) in [4.78, 5) is 3.91. The first kappa shape index (κ1) is 10.6. The van der Waals surface area contributed by atoms with Gasteiger partial charge < -0.3 is 9.84 Å². The molecule has 5 heteroatoms. The zero-order chi connectivity index (χ0) is 11.4. The maximum absolute atomic E-state index is 9.98. The van der Waals surface area contributed by atoms with E-state index in [9.17, 15) is 5.11 Å². The Hall–Kier alpha value is -1.88. The van der Waals surface area contributed by atoms with Gasteiger partial charge >= 0.3 is 0 Å². The van der Waals surface area contributed by atoms with E-state index in [1.54, 1.807) is 6.07 Å². The number of nitrogens with zero attached hydrogens (tertiary/aromatic N) is 2. The number of aromatic amines is 1. The summed E-state index contributed by atoms with van der Waals surface area (Å²) in [6.07, 6.45) is 0.563. The Morgan fingerprint density at radius 1 is 1.50 bits per heavy atom. The maximum Gasteiger partial charge on any atom is 0.157 e. The van der Waals surface area contributed by atoms with Crippen molar-refractivity contribution in [3.05, 3.63) is 42.0 Å². The Labute approximate surface area is 93.1 Å². The molecular weight excluding hydrogens is 206 g/mol. The van der Waals surface area contributed by atoms with E-state index in [4.69, 9.17) is 4.74 Å². The Morgan fingerprint density at radius 2 is 2.38 bits per heavy atom. The van der Waals surface area contributed by atoms with Gasteiger partial charge in [-0.25, -0.2) is 4.98 Å². The van der Waals surface area contributed by atoms with Crippen LogP contribution in [0.5, 0.6) is 5.75 Å². The van der Waals surface area contributed by atoms with Crippen LogP contribution in [0.15, 0.2) is 30.6 Å². The molecular formula is C11H13N3O2. The number of aliphatic hydroxyl groups is 1. The average Bonchev–Trinajstić information content (AvgIpc) is 2.82. The van der Waals surface area contributed by atoms with Crippen molar-refractivity contribution < 1.29 is 9.84 Å². The predicted octanol–water partition coefficient (Wildman–Crippen LogP) is 1.29. The van der Waals surface area contributed by atoms with Gasteiger partial charge in [0.25, 0.3) is 0 Å². The van der Waals surface area contributed by atoms with Crippen LogP contribution in [0.1, 0.15) is 24.4 Å². The lowest BCUT2D eigenvalue weighted by Gasteiger charge is -2.09. The number of hydrogen-bond acceptors (Lipinski definition) is 4. The highest BCUT2D eigenvalue weighted by Crippen LogP contribution is 2.22. The van der Waals surface area contributed by atoms with Gasteiger partial charge in [-0.15, -0.1) is 0 Å². The molecule has 0 fully saturated rings. The quantitative estimate of drug-likeness (QED) is 0.812. The molecule has 0 aliphatic rings. The first-order valence-electron chi connectivity index (χ1n) is 5.07. The number of nitrogens with one attached hydrogen (secondary N) is 1. The van der Waals surface area contributed by atoms with E-state index in [0.717, 1.165) is 11.3 Å². The summed E-state index contributed by atoms with van der Waals surface area (Å²) < 4.78 is 5.36. The number of rotatable bonds is 4. The van der Waals surface area contributed by atoms with Crippen molar-refractivity contribution in [2.75, 3.05) is 6.61 Å². The fourth-order valence-corrected chi connectivity index (χ4v) is 1.45. The van der Waals surface area contributed by atoms with Gasteiger partial charge in [0.15, 0.2) is 5.82 Å². The molecule has 1 atom stereocenters. The van der Waals surface area contributed by atoms with E-state index in [0.29, 0.717) is 12.4 Å². The van der Waals surface area contributed by atoms with E-state index in [2.05, 4.69) is 15.2 Å². The van der Waals surface area contributed by atoms with Gasteiger partial charge in [0.05, 0.1) is 6.61 Å². The second kappa shape index (κ2) is 4.76. The fraction of sp³-hybridized carbons (Fsp3) is 0.273. The highest BCUT2D eigenvalue weighted by atomic mass is 16.5. The largest absolute Gasteiger partial charge is 0.494 e. The van der Waals surface area contributed by atoms with Crippen molar-refractivity contribution in [1.29, 1.82) is 0 Å². The molecule has 1 unspecified atom stereocenters. The topological polar surface area (TPSA) is 71.0 Å². The standard InChI is InChI=1S/C11H13N3O2/c1-2-16-9-5-3-4-8(6-9)10(15)11-12-7-13-14-11/h3-7,10,15H,2H2,1H3,(H,12,13,14). The molecule has 0 aliphatic heterocycles. The third-order valence-corrected chi connectivity index (χ3v) is 2.18. The molecule has 1 aromatic heterocycles. The van der Waals surface area contributed by atoms with Crippen molar-refractivity contribution in [2.45, 2.75) is 13.0 Å². The fourth-order valence-electron chi connectivity index (χ4n) is 1.45. The van der Waals surface area contributed by atoms with Crippen molar-refractivity contribution in [1.82, 2.24) is 15.2 Å². The minimum Gasteiger partial charge on any atom is -0.494 e. The first-order valence-corrected chi connectivity index (χ1v) is 5.07. The Bertz CT molecular complexity index is 442. The lowest BCUT2D eigenvalue weighted by molar-refractivity contribution is 0.209. The normalized spacial score (nSPS) is 12.4. The Morgan fingerprint density at radius 3 is 3.06 bits per heavy atom. The molecule has 2 aromatic rings. The van der Waals surface area contributed by atoms with Gasteiger partial charge in [-0.05, 0) is 24.6 Å². The van der Waals surface area contributed by atoms with Crippen LogP contribution >= 0.6 is 0 Å². The third-order valence-electron chi connectivity index (χ3n) is 2.18. The zero-order valence-electron chi connectivity index (χ0n) is 8.92. The van der Waals surface area contributed by atoms with Crippen LogP contribution in [0, 0.1) is 0 Å². The van der Waals surface area contributed by atoms with Crippen molar-refractivity contribution in [3.8, 4) is 5.75 Å². The van der Waals surface area contributed by atoms with E-state index >= 15 is 0 Å². The van der Waals surface area contributed by atoms with Gasteiger partial charge in [0, 0.05) is 0 Å². The summed E-state index contributed by atoms with van der Waals surface area (Å²) in [7, 11) is 0. The molecule has 2 N–H and O–H groups in total. The molecule has 0 bridgehead atoms. The SMILES string of the molecule is CCOc1cccc(C(O)c2ncn[nH]2)c1. The van der Waals surface area contributed by atoms with Crippen LogP contribution in [0.25, 0.3) is 0 Å². The van der Waals surface area contributed by atoms with Gasteiger partial charge in [-0.1, -0.05) is 12.1 Å². The number of hydrogen-bond donors (Lipinski definition) is 2. The van der Waals surface area contributed by atoms with Crippen molar-refractivity contribution in [2.24, 2.45) is 0 Å². The molecule has 0 saturated heterocycles. The third kappa shape index (κ3) is 2.20. The molecule has 16 heavy (non-hydrogen) atoms. The Kier molecular flexibility index (Phi) is 3.16. The minimum atomic E-state index is -0.803. The molecule has 0 amide bonds. The summed E-state index contributed by atoms with van der Waals surface area (Å²) in [6.45, 7) is 2.52. The lowest BCUT2D eigenvalue weighted by atomic mass is 10.1. The summed E-state index contributed by atoms with van der Waals surface area (Å²) >= 11 is 0. The summed E-state index contributed by atoms with van der Waals surface area (Å²) in [5.74, 6) is 1.16. The van der Waals surface area contributed by atoms with Gasteiger partial charge in [-0.2, -0.15) is 5.10 Å². The molecule has 1 heterocycles. The molecule has 1 aromatic carbocycles. The summed E-state index contributed by atoms with van der Waals surface area (Å²) in [5.41, 5.74) is 0.725. The minimum absolute atomic E-state index is 0.425. The number of ether oxygens (including phenoxy) is 1. The van der Waals surface area contributed by atoms with Crippen molar-refractivity contribution >= 4 is 0 Å². The molecule has 0 aliphatic carbocycles. The second-order valence-corrected chi connectivity index (χ2v) is 3.28. The first-order chi connectivity index (χ1) is 7.81. The average molecular weight is 219 g/mol. The van der Waals surface area contributed by atoms with E-state index < -0.39 is 6.10 Å². The molecule has 0 radical (unpaired) electrons. The van der Waals surface area contributed by atoms with Crippen LogP contribution in [0.3, 0.4) is 0 Å². The molecule has 84 valence electrons. The van der Waals surface area contributed by atoms with Crippen LogP contribution in [-0.2, 0) is 0 Å². The molecule has 2 rings (SSSR count).